The van der Waals surface area contributed by atoms with Crippen molar-refractivity contribution in [3.05, 3.63) is 35.9 Å². The molecule has 4 aliphatic rings. The molecular weight excluding hydrogens is 496 g/mol. The maximum atomic E-state index is 10.8. The quantitative estimate of drug-likeness (QED) is 0.291. The molecule has 39 heavy (non-hydrogen) atoms. The van der Waals surface area contributed by atoms with Crippen LogP contribution in [0, 0.1) is 5.92 Å². The van der Waals surface area contributed by atoms with Gasteiger partial charge in [-0.2, -0.15) is 0 Å². The second-order valence-electron chi connectivity index (χ2n) is 11.9. The number of nitrogens with zero attached hydrogens (tertiary/aromatic N) is 5. The molecule has 0 spiro atoms. The number of aromatic amines is 1. The molecule has 0 amide bonds. The third-order valence-corrected chi connectivity index (χ3v) is 9.42. The first-order valence-corrected chi connectivity index (χ1v) is 14.3. The molecule has 2 aliphatic heterocycles. The van der Waals surface area contributed by atoms with Crippen molar-refractivity contribution in [2.24, 2.45) is 5.92 Å². The Bertz CT molecular complexity index is 1340. The zero-order valence-electron chi connectivity index (χ0n) is 22.3. The van der Waals surface area contributed by atoms with Crippen molar-refractivity contribution < 1.29 is 14.9 Å². The second kappa shape index (κ2) is 9.88. The second-order valence-corrected chi connectivity index (χ2v) is 11.9. The summed E-state index contributed by atoms with van der Waals surface area (Å²) in [7, 11) is 2.08. The number of nitrogens with one attached hydrogen (secondary N) is 2. The molecule has 0 bridgehead atoms. The number of nitrogen functional groups attached to an aromatic ring is 1. The van der Waals surface area contributed by atoms with Crippen molar-refractivity contribution in [2.75, 3.05) is 36.2 Å². The molecule has 1 saturated heterocycles. The van der Waals surface area contributed by atoms with Gasteiger partial charge in [-0.05, 0) is 68.7 Å². The van der Waals surface area contributed by atoms with Crippen molar-refractivity contribution >= 4 is 28.4 Å². The number of ether oxygens (including phenoxy) is 1. The molecule has 2 aliphatic carbocycles. The van der Waals surface area contributed by atoms with Gasteiger partial charge in [0, 0.05) is 19.0 Å². The molecule has 4 heterocycles. The number of aryl methyl sites for hydroxylation is 1. The summed E-state index contributed by atoms with van der Waals surface area (Å²) < 4.78 is 6.18. The van der Waals surface area contributed by atoms with Crippen LogP contribution in [0.15, 0.2) is 24.5 Å². The van der Waals surface area contributed by atoms with Crippen LogP contribution in [0.2, 0.25) is 0 Å². The lowest BCUT2D eigenvalue weighted by molar-refractivity contribution is -0.0257. The summed E-state index contributed by atoms with van der Waals surface area (Å²) in [6.07, 6.45) is 6.47. The number of nitrogens with two attached hydrogens (primary N) is 1. The van der Waals surface area contributed by atoms with Crippen molar-refractivity contribution in [3.63, 3.8) is 0 Å². The highest BCUT2D eigenvalue weighted by atomic mass is 16.6. The van der Waals surface area contributed by atoms with Crippen molar-refractivity contribution in [2.45, 2.75) is 81.4 Å². The number of fused-ring (bicyclic) bond motifs is 2. The largest absolute Gasteiger partial charge is 0.387 e. The summed E-state index contributed by atoms with van der Waals surface area (Å²) in [5.74, 6) is 3.41. The Labute approximate surface area is 227 Å². The topological polar surface area (TPSA) is 149 Å². The van der Waals surface area contributed by atoms with E-state index in [1.807, 2.05) is 0 Å². The van der Waals surface area contributed by atoms with E-state index < -0.39 is 24.5 Å². The van der Waals surface area contributed by atoms with Gasteiger partial charge in [0.25, 0.3) is 0 Å². The molecule has 1 aromatic carbocycles. The van der Waals surface area contributed by atoms with E-state index in [0.717, 1.165) is 48.5 Å². The molecule has 2 aromatic heterocycles. The normalized spacial score (nSPS) is 30.4. The van der Waals surface area contributed by atoms with E-state index >= 15 is 0 Å². The highest BCUT2D eigenvalue weighted by Crippen LogP contribution is 2.39. The van der Waals surface area contributed by atoms with Crippen LogP contribution in [-0.4, -0.2) is 85.9 Å². The van der Waals surface area contributed by atoms with Gasteiger partial charge < -0.3 is 40.8 Å². The minimum atomic E-state index is -1.05. The Morgan fingerprint density at radius 2 is 2.03 bits per heavy atom. The average molecular weight is 535 g/mol. The number of rotatable bonds is 8. The Morgan fingerprint density at radius 1 is 1.18 bits per heavy atom. The smallest absolute Gasteiger partial charge is 0.162 e. The Kier molecular flexibility index (Phi) is 6.34. The van der Waals surface area contributed by atoms with Crippen molar-refractivity contribution in [1.29, 1.82) is 0 Å². The zero-order chi connectivity index (χ0) is 26.7. The van der Waals surface area contributed by atoms with Crippen LogP contribution in [0.5, 0.6) is 0 Å². The standard InChI is InChI=1S/C28H38N8O3/c1-35(12-21-24(37)25(38)28(39-21)36-14-32-23-26(29)30-13-31-27(23)36)18-9-15(10-18)5-8-22-33-19-7-6-17(11-20(19)34-22)16-3-2-4-16/h6-7,11,13,15-16,18,21,24-25,28,32,37-38H,2-5,8-10,12,14H2,1H3,(H,33,34)(H2,29,30,31)/t15?,18?,21-,24-,25-,28-/m1/s1. The summed E-state index contributed by atoms with van der Waals surface area (Å²) in [5, 5.41) is 24.7. The summed E-state index contributed by atoms with van der Waals surface area (Å²) in [6.45, 7) is 0.936. The highest BCUT2D eigenvalue weighted by Gasteiger charge is 2.48. The molecule has 0 unspecified atom stereocenters. The van der Waals surface area contributed by atoms with Crippen LogP contribution in [0.25, 0.3) is 11.0 Å². The third kappa shape index (κ3) is 4.51. The van der Waals surface area contributed by atoms with Crippen molar-refractivity contribution in [3.8, 4) is 0 Å². The fourth-order valence-electron chi connectivity index (χ4n) is 6.62. The first-order valence-electron chi connectivity index (χ1n) is 14.3. The minimum absolute atomic E-state index is 0.352. The van der Waals surface area contributed by atoms with E-state index in [4.69, 9.17) is 15.5 Å². The van der Waals surface area contributed by atoms with E-state index in [2.05, 4.69) is 50.4 Å². The predicted molar refractivity (Wildman–Crippen MR) is 148 cm³/mol. The number of H-pyrrole nitrogens is 1. The van der Waals surface area contributed by atoms with Gasteiger partial charge in [0.2, 0.25) is 0 Å². The molecular formula is C28H38N8O3. The number of likely N-dealkylation sites (N-methyl/N-ethyl adjacent to an activating group) is 1. The van der Waals surface area contributed by atoms with Crippen LogP contribution >= 0.6 is 0 Å². The number of aromatic nitrogens is 4. The third-order valence-electron chi connectivity index (χ3n) is 9.42. The van der Waals surface area contributed by atoms with Crippen LogP contribution in [-0.2, 0) is 11.2 Å². The lowest BCUT2D eigenvalue weighted by atomic mass is 9.76. The van der Waals surface area contributed by atoms with Crippen LogP contribution < -0.4 is 16.0 Å². The maximum Gasteiger partial charge on any atom is 0.162 e. The molecule has 3 fully saturated rings. The number of hydrogen-bond donors (Lipinski definition) is 5. The van der Waals surface area contributed by atoms with Gasteiger partial charge in [0.1, 0.15) is 36.2 Å². The van der Waals surface area contributed by atoms with Crippen LogP contribution in [0.3, 0.4) is 0 Å². The number of anilines is 3. The maximum absolute atomic E-state index is 10.8. The van der Waals surface area contributed by atoms with Crippen molar-refractivity contribution in [1.82, 2.24) is 24.8 Å². The number of aliphatic hydroxyl groups excluding tert-OH is 2. The van der Waals surface area contributed by atoms with Gasteiger partial charge in [-0.3, -0.25) is 0 Å². The molecule has 6 N–H and O–H groups in total. The van der Waals surface area contributed by atoms with Crippen LogP contribution in [0.4, 0.5) is 17.3 Å². The number of hydrogen-bond acceptors (Lipinski definition) is 10. The fraction of sp³-hybridized carbons (Fsp3) is 0.607. The van der Waals surface area contributed by atoms with E-state index in [9.17, 15) is 10.2 Å². The Hall–Kier alpha value is -2.99. The number of imidazole rings is 1. The summed E-state index contributed by atoms with van der Waals surface area (Å²) in [4.78, 5) is 20.8. The number of aliphatic hydroxyl groups is 2. The first kappa shape index (κ1) is 25.0. The Balaban J connectivity index is 0.898. The molecule has 11 nitrogen and oxygen atoms in total. The highest BCUT2D eigenvalue weighted by molar-refractivity contribution is 5.80. The number of benzene rings is 1. The van der Waals surface area contributed by atoms with Gasteiger partial charge in [0.15, 0.2) is 17.9 Å². The van der Waals surface area contributed by atoms with E-state index in [1.165, 1.54) is 31.2 Å². The van der Waals surface area contributed by atoms with E-state index in [1.54, 1.807) is 4.90 Å². The van der Waals surface area contributed by atoms with Gasteiger partial charge in [-0.15, -0.1) is 0 Å². The lowest BCUT2D eigenvalue weighted by Gasteiger charge is -2.42. The monoisotopic (exact) mass is 534 g/mol. The predicted octanol–water partition coefficient (Wildman–Crippen LogP) is 2.18. The van der Waals surface area contributed by atoms with Gasteiger partial charge >= 0.3 is 0 Å². The zero-order valence-corrected chi connectivity index (χ0v) is 22.3. The Morgan fingerprint density at radius 3 is 2.82 bits per heavy atom. The van der Waals surface area contributed by atoms with E-state index in [0.29, 0.717) is 42.5 Å². The van der Waals surface area contributed by atoms with Gasteiger partial charge in [-0.25, -0.2) is 15.0 Å². The summed E-state index contributed by atoms with van der Waals surface area (Å²) in [5.41, 5.74) is 10.2. The molecule has 2 saturated carbocycles. The lowest BCUT2D eigenvalue weighted by Crippen LogP contribution is -2.47. The van der Waals surface area contributed by atoms with Gasteiger partial charge in [0.05, 0.1) is 17.7 Å². The molecule has 4 atom stereocenters. The first-order chi connectivity index (χ1) is 18.9. The van der Waals surface area contributed by atoms with Gasteiger partial charge in [-0.1, -0.05) is 12.5 Å². The average Bonchev–Trinajstić information content (AvgIpc) is 3.54. The molecule has 11 heteroatoms. The SMILES string of the molecule is CN(C[C@H]1O[C@@H](N2CNc3c(N)ncnc32)[C@H](O)[C@@H]1O)C1CC(CCc2nc3cc(C4CCC4)ccc3[nH]2)C1. The molecule has 208 valence electrons. The molecule has 0 radical (unpaired) electrons. The van der Waals surface area contributed by atoms with E-state index in [-0.39, 0.29) is 0 Å². The molecule has 3 aromatic rings. The van der Waals surface area contributed by atoms with Crippen LogP contribution in [0.1, 0.15) is 55.8 Å². The summed E-state index contributed by atoms with van der Waals surface area (Å²) in [6, 6.07) is 7.18. The minimum Gasteiger partial charge on any atom is -0.387 e. The fourth-order valence-corrected chi connectivity index (χ4v) is 6.62. The molecule has 7 rings (SSSR count). The summed E-state index contributed by atoms with van der Waals surface area (Å²) >= 11 is 0.